The van der Waals surface area contributed by atoms with Crippen LogP contribution in [0.15, 0.2) is 79.1 Å². The average molecular weight is 400 g/mol. The lowest BCUT2D eigenvalue weighted by Crippen LogP contribution is -2.19. The van der Waals surface area contributed by atoms with Gasteiger partial charge in [-0.15, -0.1) is 10.2 Å². The van der Waals surface area contributed by atoms with Crippen LogP contribution in [0.25, 0.3) is 5.82 Å². The second kappa shape index (κ2) is 8.87. The third kappa shape index (κ3) is 4.79. The summed E-state index contributed by atoms with van der Waals surface area (Å²) >= 11 is 0. The topological polar surface area (TPSA) is 94.0 Å². The van der Waals surface area contributed by atoms with Crippen molar-refractivity contribution in [3.05, 3.63) is 84.7 Å². The van der Waals surface area contributed by atoms with E-state index in [2.05, 4.69) is 32.9 Å². The van der Waals surface area contributed by atoms with E-state index in [9.17, 15) is 4.79 Å². The highest BCUT2D eigenvalue weighted by Gasteiger charge is 2.05. The highest BCUT2D eigenvalue weighted by molar-refractivity contribution is 5.99. The zero-order valence-electron chi connectivity index (χ0n) is 16.3. The first kappa shape index (κ1) is 19.1. The van der Waals surface area contributed by atoms with Gasteiger partial charge in [-0.05, 0) is 60.5 Å². The SMILES string of the molecule is CCc1ccc(NC(=O)Nc2ccc(Oc3ccc(-n4cccn4)nn3)cc2)cc1. The van der Waals surface area contributed by atoms with Gasteiger partial charge in [0.05, 0.1) is 0 Å². The van der Waals surface area contributed by atoms with E-state index in [1.165, 1.54) is 5.56 Å². The molecule has 30 heavy (non-hydrogen) atoms. The van der Waals surface area contributed by atoms with Crippen LogP contribution < -0.4 is 15.4 Å². The highest BCUT2D eigenvalue weighted by Crippen LogP contribution is 2.21. The summed E-state index contributed by atoms with van der Waals surface area (Å²) in [5, 5.41) is 17.8. The molecule has 4 aromatic rings. The molecule has 0 aliphatic heterocycles. The van der Waals surface area contributed by atoms with Crippen LogP contribution in [-0.2, 0) is 6.42 Å². The Labute approximate surface area is 173 Å². The monoisotopic (exact) mass is 400 g/mol. The Bertz CT molecular complexity index is 1090. The van der Waals surface area contributed by atoms with Crippen molar-refractivity contribution in [2.24, 2.45) is 0 Å². The summed E-state index contributed by atoms with van der Waals surface area (Å²) in [7, 11) is 0. The molecule has 2 amide bonds. The number of amides is 2. The lowest BCUT2D eigenvalue weighted by atomic mass is 10.1. The number of aromatic nitrogens is 4. The Morgan fingerprint density at radius 3 is 2.20 bits per heavy atom. The summed E-state index contributed by atoms with van der Waals surface area (Å²) in [6, 6.07) is 19.7. The van der Waals surface area contributed by atoms with Gasteiger partial charge in [-0.25, -0.2) is 9.48 Å². The van der Waals surface area contributed by atoms with Gasteiger partial charge in [0, 0.05) is 29.8 Å². The molecular formula is C22H20N6O2. The molecule has 2 aromatic heterocycles. The maximum Gasteiger partial charge on any atom is 0.323 e. The van der Waals surface area contributed by atoms with E-state index < -0.39 is 0 Å². The smallest absolute Gasteiger partial charge is 0.323 e. The second-order valence-corrected chi connectivity index (χ2v) is 6.44. The molecule has 2 heterocycles. The Kier molecular flexibility index (Phi) is 5.66. The number of urea groups is 1. The molecule has 0 unspecified atom stereocenters. The first-order valence-electron chi connectivity index (χ1n) is 9.48. The van der Waals surface area contributed by atoms with Crippen molar-refractivity contribution >= 4 is 17.4 Å². The molecule has 0 aliphatic carbocycles. The van der Waals surface area contributed by atoms with Crippen LogP contribution in [0.5, 0.6) is 11.6 Å². The third-order valence-electron chi connectivity index (χ3n) is 4.32. The van der Waals surface area contributed by atoms with Gasteiger partial charge in [-0.2, -0.15) is 5.10 Å². The number of rotatable bonds is 6. The van der Waals surface area contributed by atoms with Crippen molar-refractivity contribution in [1.82, 2.24) is 20.0 Å². The Morgan fingerprint density at radius 2 is 1.63 bits per heavy atom. The van der Waals surface area contributed by atoms with Crippen molar-refractivity contribution in [3.63, 3.8) is 0 Å². The summed E-state index contributed by atoms with van der Waals surface area (Å²) in [5.74, 6) is 1.54. The molecule has 0 radical (unpaired) electrons. The number of hydrogen-bond donors (Lipinski definition) is 2. The van der Waals surface area contributed by atoms with Crippen molar-refractivity contribution in [1.29, 1.82) is 0 Å². The standard InChI is InChI=1S/C22H20N6O2/c1-2-16-4-6-17(7-5-16)24-22(29)25-18-8-10-19(11-9-18)30-21-13-12-20(26-27-21)28-15-3-14-23-28/h3-15H,2H2,1H3,(H2,24,25,29). The summed E-state index contributed by atoms with van der Waals surface area (Å²) in [4.78, 5) is 12.2. The zero-order valence-corrected chi connectivity index (χ0v) is 16.3. The van der Waals surface area contributed by atoms with Crippen molar-refractivity contribution in [2.75, 3.05) is 10.6 Å². The van der Waals surface area contributed by atoms with Crippen LogP contribution in [0.3, 0.4) is 0 Å². The minimum Gasteiger partial charge on any atom is -0.438 e. The van der Waals surface area contributed by atoms with E-state index >= 15 is 0 Å². The normalized spacial score (nSPS) is 10.4. The van der Waals surface area contributed by atoms with Crippen LogP contribution in [0, 0.1) is 0 Å². The van der Waals surface area contributed by atoms with Crippen molar-refractivity contribution < 1.29 is 9.53 Å². The summed E-state index contributed by atoms with van der Waals surface area (Å²) in [6.07, 6.45) is 4.41. The highest BCUT2D eigenvalue weighted by atomic mass is 16.5. The van der Waals surface area contributed by atoms with Crippen LogP contribution in [-0.4, -0.2) is 26.0 Å². The quantitative estimate of drug-likeness (QED) is 0.491. The Balaban J connectivity index is 1.32. The maximum absolute atomic E-state index is 12.2. The molecular weight excluding hydrogens is 380 g/mol. The van der Waals surface area contributed by atoms with E-state index in [4.69, 9.17) is 4.74 Å². The average Bonchev–Trinajstić information content (AvgIpc) is 3.31. The first-order chi connectivity index (χ1) is 14.7. The molecule has 150 valence electrons. The van der Waals surface area contributed by atoms with E-state index in [0.29, 0.717) is 23.1 Å². The molecule has 0 aliphatic rings. The van der Waals surface area contributed by atoms with Gasteiger partial charge in [0.1, 0.15) is 5.75 Å². The van der Waals surface area contributed by atoms with Gasteiger partial charge in [0.15, 0.2) is 5.82 Å². The molecule has 4 rings (SSSR count). The predicted octanol–water partition coefficient (Wildman–Crippen LogP) is 4.66. The molecule has 8 heteroatoms. The van der Waals surface area contributed by atoms with E-state index in [1.54, 1.807) is 53.5 Å². The number of nitrogens with one attached hydrogen (secondary N) is 2. The zero-order chi connectivity index (χ0) is 20.8. The molecule has 0 spiro atoms. The minimum atomic E-state index is -0.312. The van der Waals surface area contributed by atoms with Gasteiger partial charge < -0.3 is 15.4 Å². The number of nitrogens with zero attached hydrogens (tertiary/aromatic N) is 4. The molecule has 8 nitrogen and oxygen atoms in total. The number of carbonyl (C=O) groups is 1. The Morgan fingerprint density at radius 1 is 0.933 bits per heavy atom. The fourth-order valence-electron chi connectivity index (χ4n) is 2.74. The van der Waals surface area contributed by atoms with Gasteiger partial charge in [0.2, 0.25) is 5.88 Å². The van der Waals surface area contributed by atoms with E-state index in [0.717, 1.165) is 12.1 Å². The second-order valence-electron chi connectivity index (χ2n) is 6.44. The van der Waals surface area contributed by atoms with E-state index in [-0.39, 0.29) is 6.03 Å². The molecule has 0 saturated carbocycles. The fourth-order valence-corrected chi connectivity index (χ4v) is 2.74. The summed E-state index contributed by atoms with van der Waals surface area (Å²) in [6.45, 7) is 2.09. The van der Waals surface area contributed by atoms with E-state index in [1.807, 2.05) is 30.3 Å². The maximum atomic E-state index is 12.2. The number of benzene rings is 2. The van der Waals surface area contributed by atoms with Gasteiger partial charge >= 0.3 is 6.03 Å². The number of aryl methyl sites for hydroxylation is 1. The largest absolute Gasteiger partial charge is 0.438 e. The van der Waals surface area contributed by atoms with Crippen LogP contribution >= 0.6 is 0 Å². The van der Waals surface area contributed by atoms with Crippen LogP contribution in [0.4, 0.5) is 16.2 Å². The van der Waals surface area contributed by atoms with Crippen molar-refractivity contribution in [3.8, 4) is 17.4 Å². The van der Waals surface area contributed by atoms with Crippen LogP contribution in [0.2, 0.25) is 0 Å². The molecule has 0 atom stereocenters. The van der Waals surface area contributed by atoms with Crippen LogP contribution in [0.1, 0.15) is 12.5 Å². The number of hydrogen-bond acceptors (Lipinski definition) is 5. The fraction of sp³-hybridized carbons (Fsp3) is 0.0909. The minimum absolute atomic E-state index is 0.312. The summed E-state index contributed by atoms with van der Waals surface area (Å²) < 4.78 is 7.31. The van der Waals surface area contributed by atoms with Gasteiger partial charge in [-0.3, -0.25) is 0 Å². The first-order valence-corrected chi connectivity index (χ1v) is 9.48. The lowest BCUT2D eigenvalue weighted by molar-refractivity contribution is 0.262. The predicted molar refractivity (Wildman–Crippen MR) is 114 cm³/mol. The van der Waals surface area contributed by atoms with Gasteiger partial charge in [0.25, 0.3) is 0 Å². The summed E-state index contributed by atoms with van der Waals surface area (Å²) in [5.41, 5.74) is 2.60. The lowest BCUT2D eigenvalue weighted by Gasteiger charge is -2.09. The number of carbonyl (C=O) groups excluding carboxylic acids is 1. The third-order valence-corrected chi connectivity index (χ3v) is 4.32. The molecule has 2 aromatic carbocycles. The number of anilines is 2. The number of ether oxygens (including phenoxy) is 1. The Hall–Kier alpha value is -4.20. The molecule has 0 bridgehead atoms. The molecule has 2 N–H and O–H groups in total. The van der Waals surface area contributed by atoms with Crippen molar-refractivity contribution in [2.45, 2.75) is 13.3 Å². The van der Waals surface area contributed by atoms with Gasteiger partial charge in [-0.1, -0.05) is 19.1 Å². The molecule has 0 saturated heterocycles. The molecule has 0 fully saturated rings.